The van der Waals surface area contributed by atoms with Crippen LogP contribution in [-0.2, 0) is 4.74 Å². The number of aromatic nitrogens is 1. The second kappa shape index (κ2) is 11.5. The van der Waals surface area contributed by atoms with Gasteiger partial charge in [-0.2, -0.15) is 0 Å². The van der Waals surface area contributed by atoms with Gasteiger partial charge < -0.3 is 25.0 Å². The van der Waals surface area contributed by atoms with Gasteiger partial charge in [-0.25, -0.2) is 4.98 Å². The smallest absolute Gasteiger partial charge is 0.204 e. The number of thiophene rings is 1. The maximum absolute atomic E-state index is 6.52. The summed E-state index contributed by atoms with van der Waals surface area (Å²) in [6, 6.07) is 0. The number of nitrogens with zero attached hydrogens (tertiary/aromatic N) is 4. The molecule has 7 nitrogen and oxygen atoms in total. The van der Waals surface area contributed by atoms with E-state index in [1.54, 1.807) is 0 Å². The highest BCUT2D eigenvalue weighted by molar-refractivity contribution is 7.81. The van der Waals surface area contributed by atoms with Gasteiger partial charge in [0, 0.05) is 43.7 Å². The normalized spacial score (nSPS) is 15.9. The van der Waals surface area contributed by atoms with Crippen LogP contribution in [0, 0.1) is 13.8 Å². The van der Waals surface area contributed by atoms with Crippen LogP contribution < -0.4 is 10.5 Å². The Labute approximate surface area is 214 Å². The zero-order valence-electron chi connectivity index (χ0n) is 21.9. The zero-order chi connectivity index (χ0) is 25.0. The van der Waals surface area contributed by atoms with Gasteiger partial charge in [0.25, 0.3) is 0 Å². The van der Waals surface area contributed by atoms with Crippen molar-refractivity contribution >= 4 is 44.5 Å². The minimum atomic E-state index is -0.371. The van der Waals surface area contributed by atoms with Crippen LogP contribution in [0.5, 0.6) is 5.75 Å². The molecule has 1 aliphatic rings. The number of thiocarbonyl (C=S) groups is 1. The van der Waals surface area contributed by atoms with Crippen molar-refractivity contribution in [1.29, 1.82) is 0 Å². The maximum atomic E-state index is 6.52. The Kier molecular flexibility index (Phi) is 9.14. The molecule has 0 saturated carbocycles. The average molecular weight is 508 g/mol. The number of fused-ring (bicyclic) bond motifs is 1. The summed E-state index contributed by atoms with van der Waals surface area (Å²) in [4.78, 5) is 13.7. The van der Waals surface area contributed by atoms with Crippen molar-refractivity contribution in [3.8, 4) is 5.75 Å². The fourth-order valence-corrected chi connectivity index (χ4v) is 5.84. The first-order chi connectivity index (χ1) is 16.0. The molecule has 9 heteroatoms. The molecule has 1 fully saturated rings. The van der Waals surface area contributed by atoms with Crippen molar-refractivity contribution in [2.24, 2.45) is 0 Å². The van der Waals surface area contributed by atoms with Crippen molar-refractivity contribution in [1.82, 2.24) is 19.7 Å². The number of anilines is 1. The lowest BCUT2D eigenvalue weighted by Gasteiger charge is -2.34. The van der Waals surface area contributed by atoms with Gasteiger partial charge in [0.15, 0.2) is 0 Å². The first-order valence-electron chi connectivity index (χ1n) is 12.1. The maximum Gasteiger partial charge on any atom is 0.204 e. The zero-order valence-corrected chi connectivity index (χ0v) is 23.5. The third-order valence-corrected chi connectivity index (χ3v) is 7.54. The van der Waals surface area contributed by atoms with E-state index < -0.39 is 0 Å². The van der Waals surface area contributed by atoms with Gasteiger partial charge in [-0.05, 0) is 80.4 Å². The summed E-state index contributed by atoms with van der Waals surface area (Å²) in [5.41, 5.74) is 8.68. The Hall–Kier alpha value is -1.52. The molecule has 3 rings (SSSR count). The van der Waals surface area contributed by atoms with Crippen LogP contribution in [0.15, 0.2) is 0 Å². The lowest BCUT2D eigenvalue weighted by atomic mass is 10.1. The molecule has 0 bridgehead atoms. The summed E-state index contributed by atoms with van der Waals surface area (Å²) < 4.78 is 12.2. The quantitative estimate of drug-likeness (QED) is 0.512. The van der Waals surface area contributed by atoms with E-state index in [-0.39, 0.29) is 5.60 Å². The summed E-state index contributed by atoms with van der Waals surface area (Å²) in [5, 5.41) is 1.35. The molecule has 0 aliphatic carbocycles. The Morgan fingerprint density at radius 1 is 1.12 bits per heavy atom. The van der Waals surface area contributed by atoms with E-state index in [0.717, 1.165) is 71.4 Å². The van der Waals surface area contributed by atoms with E-state index >= 15 is 0 Å². The van der Waals surface area contributed by atoms with Gasteiger partial charge in [0.1, 0.15) is 27.7 Å². The second-order valence-corrected chi connectivity index (χ2v) is 11.7. The molecule has 0 amide bonds. The molecule has 0 aromatic carbocycles. The molecule has 0 unspecified atom stereocenters. The predicted octanol–water partition coefficient (Wildman–Crippen LogP) is 3.93. The van der Waals surface area contributed by atoms with E-state index in [1.165, 1.54) is 24.3 Å². The van der Waals surface area contributed by atoms with Gasteiger partial charge in [-0.15, -0.1) is 11.3 Å². The summed E-state index contributed by atoms with van der Waals surface area (Å²) in [7, 11) is 4.27. The molecule has 0 spiro atoms. The standard InChI is InChI=1S/C25H41N5O2S2/c1-17-19-20(26)22(24(33)32-25(3,4)5)34-23(19)27-18(2)21(17)31-16-15-30-13-11-29(12-14-30)10-8-9-28(6)7/h8-16,26H2,1-7H3. The summed E-state index contributed by atoms with van der Waals surface area (Å²) >= 11 is 7.02. The number of hydrogen-bond acceptors (Lipinski definition) is 9. The number of piperazine rings is 1. The van der Waals surface area contributed by atoms with Gasteiger partial charge in [0.2, 0.25) is 5.05 Å². The van der Waals surface area contributed by atoms with Gasteiger partial charge in [-0.3, -0.25) is 4.90 Å². The van der Waals surface area contributed by atoms with E-state index in [2.05, 4.69) is 35.7 Å². The molecule has 0 radical (unpaired) electrons. The predicted molar refractivity (Wildman–Crippen MR) is 148 cm³/mol. The Morgan fingerprint density at radius 3 is 2.32 bits per heavy atom. The average Bonchev–Trinajstić information content (AvgIpc) is 3.06. The van der Waals surface area contributed by atoms with Crippen molar-refractivity contribution in [3.63, 3.8) is 0 Å². The van der Waals surface area contributed by atoms with E-state index in [0.29, 0.717) is 17.3 Å². The van der Waals surface area contributed by atoms with Crippen LogP contribution in [0.3, 0.4) is 0 Å². The Morgan fingerprint density at radius 2 is 1.74 bits per heavy atom. The molecule has 190 valence electrons. The van der Waals surface area contributed by atoms with Gasteiger partial charge in [0.05, 0.1) is 11.4 Å². The molecule has 0 atom stereocenters. The van der Waals surface area contributed by atoms with Crippen LogP contribution >= 0.6 is 23.6 Å². The molecular formula is C25H41N5O2S2. The number of aryl methyl sites for hydroxylation is 2. The molecule has 2 N–H and O–H groups in total. The third-order valence-electron chi connectivity index (χ3n) is 6.02. The molecule has 2 aromatic heterocycles. The fraction of sp³-hybridized carbons (Fsp3) is 0.680. The van der Waals surface area contributed by atoms with Crippen LogP contribution in [0.2, 0.25) is 0 Å². The second-order valence-electron chi connectivity index (χ2n) is 10.4. The summed E-state index contributed by atoms with van der Waals surface area (Å²) in [6.45, 7) is 18.3. The molecule has 1 aliphatic heterocycles. The first-order valence-corrected chi connectivity index (χ1v) is 13.3. The first kappa shape index (κ1) is 27.1. The van der Waals surface area contributed by atoms with Crippen LogP contribution in [0.25, 0.3) is 10.2 Å². The highest BCUT2D eigenvalue weighted by atomic mass is 32.1. The molecule has 34 heavy (non-hydrogen) atoms. The van der Waals surface area contributed by atoms with E-state index in [1.807, 2.05) is 27.7 Å². The monoisotopic (exact) mass is 507 g/mol. The SMILES string of the molecule is Cc1nc2sc(C(=S)OC(C)(C)C)c(N)c2c(C)c1OCCN1CCN(CCCN(C)C)CC1. The molecule has 2 aromatic rings. The minimum Gasteiger partial charge on any atom is -0.490 e. The van der Waals surface area contributed by atoms with Crippen molar-refractivity contribution in [2.75, 3.05) is 72.2 Å². The highest BCUT2D eigenvalue weighted by Crippen LogP contribution is 2.40. The summed E-state index contributed by atoms with van der Waals surface area (Å²) in [6.07, 6.45) is 1.23. The van der Waals surface area contributed by atoms with Gasteiger partial charge >= 0.3 is 0 Å². The Bertz CT molecular complexity index is 992. The number of pyridine rings is 1. The fourth-order valence-electron chi connectivity index (χ4n) is 4.27. The Balaban J connectivity index is 1.59. The lowest BCUT2D eigenvalue weighted by Crippen LogP contribution is -2.47. The molecule has 1 saturated heterocycles. The number of nitrogens with two attached hydrogens (primary N) is 1. The number of rotatable bonds is 9. The van der Waals surface area contributed by atoms with Crippen LogP contribution in [0.4, 0.5) is 5.69 Å². The number of hydrogen-bond donors (Lipinski definition) is 1. The molecular weight excluding hydrogens is 466 g/mol. The van der Waals surface area contributed by atoms with E-state index in [4.69, 9.17) is 32.4 Å². The lowest BCUT2D eigenvalue weighted by molar-refractivity contribution is 0.114. The topological polar surface area (TPSA) is 67.1 Å². The summed E-state index contributed by atoms with van der Waals surface area (Å²) in [5.74, 6) is 0.827. The number of nitrogen functional groups attached to an aromatic ring is 1. The van der Waals surface area contributed by atoms with E-state index in [9.17, 15) is 0 Å². The molecule has 3 heterocycles. The van der Waals surface area contributed by atoms with Crippen molar-refractivity contribution in [3.05, 3.63) is 16.1 Å². The van der Waals surface area contributed by atoms with Crippen molar-refractivity contribution in [2.45, 2.75) is 46.6 Å². The largest absolute Gasteiger partial charge is 0.490 e. The van der Waals surface area contributed by atoms with Crippen LogP contribution in [-0.4, -0.2) is 96.9 Å². The number of ether oxygens (including phenoxy) is 2. The highest BCUT2D eigenvalue weighted by Gasteiger charge is 2.24. The minimum absolute atomic E-state index is 0.371. The third kappa shape index (κ3) is 7.01. The van der Waals surface area contributed by atoms with Gasteiger partial charge in [-0.1, -0.05) is 0 Å². The van der Waals surface area contributed by atoms with Crippen molar-refractivity contribution < 1.29 is 9.47 Å². The van der Waals surface area contributed by atoms with Crippen LogP contribution in [0.1, 0.15) is 43.3 Å².